The van der Waals surface area contributed by atoms with Crippen LogP contribution in [0.15, 0.2) is 42.9 Å². The predicted molar refractivity (Wildman–Crippen MR) is 125 cm³/mol. The molecule has 168 valence electrons. The fraction of sp³-hybridized carbons (Fsp3) is 0.440. The zero-order valence-corrected chi connectivity index (χ0v) is 19.6. The molecule has 1 aromatic carbocycles. The summed E-state index contributed by atoms with van der Waals surface area (Å²) >= 11 is 1.58. The first-order chi connectivity index (χ1) is 15.6. The molecule has 6 nitrogen and oxygen atoms in total. The number of ether oxygens (including phenoxy) is 2. The number of aromatic nitrogens is 3. The van der Waals surface area contributed by atoms with E-state index in [9.17, 15) is 4.79 Å². The number of aryl methyl sites for hydroxylation is 1. The topological polar surface area (TPSA) is 74.2 Å². The van der Waals surface area contributed by atoms with Crippen LogP contribution in [0.1, 0.15) is 55.9 Å². The van der Waals surface area contributed by atoms with Crippen molar-refractivity contribution < 1.29 is 14.3 Å². The molecule has 3 aromatic rings. The maximum absolute atomic E-state index is 11.9. The summed E-state index contributed by atoms with van der Waals surface area (Å²) in [7, 11) is 0. The van der Waals surface area contributed by atoms with E-state index in [0.717, 1.165) is 48.2 Å². The minimum absolute atomic E-state index is 0.0812. The highest BCUT2D eigenvalue weighted by Gasteiger charge is 2.30. The second kappa shape index (κ2) is 10.3. The third-order valence-corrected chi connectivity index (χ3v) is 6.95. The standard InChI is InChI=1S/C25H29N3O3S/c1-4-30-25(29)17(3)31-20-11-9-19(10-12-20)24-22(21-13-14-26-15-27-21)23(28-32-24)18-7-5-16(2)6-8-18/h5-8,13-15,17,19-20H,4,9-12H2,1-3H3. The van der Waals surface area contributed by atoms with Crippen molar-refractivity contribution in [3.05, 3.63) is 53.3 Å². The summed E-state index contributed by atoms with van der Waals surface area (Å²) in [6.07, 6.45) is 6.75. The van der Waals surface area contributed by atoms with Gasteiger partial charge in [0.15, 0.2) is 6.10 Å². The van der Waals surface area contributed by atoms with Gasteiger partial charge >= 0.3 is 5.97 Å². The van der Waals surface area contributed by atoms with E-state index in [-0.39, 0.29) is 12.1 Å². The van der Waals surface area contributed by atoms with Crippen LogP contribution in [0.4, 0.5) is 0 Å². The quantitative estimate of drug-likeness (QED) is 0.437. The molecule has 0 bridgehead atoms. The van der Waals surface area contributed by atoms with Crippen molar-refractivity contribution in [1.82, 2.24) is 14.3 Å². The summed E-state index contributed by atoms with van der Waals surface area (Å²) in [6, 6.07) is 10.4. The molecule has 1 atom stereocenters. The van der Waals surface area contributed by atoms with E-state index in [2.05, 4.69) is 41.2 Å². The van der Waals surface area contributed by atoms with Crippen LogP contribution in [-0.4, -0.2) is 39.1 Å². The van der Waals surface area contributed by atoms with Crippen molar-refractivity contribution in [2.75, 3.05) is 6.61 Å². The van der Waals surface area contributed by atoms with E-state index < -0.39 is 6.10 Å². The molecule has 1 saturated carbocycles. The van der Waals surface area contributed by atoms with Gasteiger partial charge in [-0.15, -0.1) is 0 Å². The molecule has 7 heteroatoms. The van der Waals surface area contributed by atoms with E-state index in [1.165, 1.54) is 10.4 Å². The van der Waals surface area contributed by atoms with Gasteiger partial charge in [-0.3, -0.25) is 0 Å². The van der Waals surface area contributed by atoms with E-state index in [4.69, 9.17) is 13.8 Å². The van der Waals surface area contributed by atoms with Crippen molar-refractivity contribution in [3.63, 3.8) is 0 Å². The third kappa shape index (κ3) is 5.05. The van der Waals surface area contributed by atoms with E-state index >= 15 is 0 Å². The average molecular weight is 452 g/mol. The molecule has 0 aliphatic heterocycles. The lowest BCUT2D eigenvalue weighted by molar-refractivity contribution is -0.160. The van der Waals surface area contributed by atoms with Crippen molar-refractivity contribution in [1.29, 1.82) is 0 Å². The van der Waals surface area contributed by atoms with Crippen LogP contribution in [0.25, 0.3) is 22.5 Å². The highest BCUT2D eigenvalue weighted by atomic mass is 32.1. The van der Waals surface area contributed by atoms with Crippen LogP contribution >= 0.6 is 11.5 Å². The monoisotopic (exact) mass is 451 g/mol. The number of benzene rings is 1. The number of rotatable bonds is 7. The van der Waals surface area contributed by atoms with Crippen LogP contribution in [-0.2, 0) is 14.3 Å². The summed E-state index contributed by atoms with van der Waals surface area (Å²) in [4.78, 5) is 21.8. The molecule has 0 radical (unpaired) electrons. The molecule has 1 fully saturated rings. The first-order valence-electron chi connectivity index (χ1n) is 11.2. The molecule has 1 unspecified atom stereocenters. The molecular formula is C25H29N3O3S. The molecule has 0 N–H and O–H groups in total. The smallest absolute Gasteiger partial charge is 0.334 e. The van der Waals surface area contributed by atoms with Gasteiger partial charge in [-0.25, -0.2) is 14.8 Å². The average Bonchev–Trinajstić information content (AvgIpc) is 3.26. The van der Waals surface area contributed by atoms with Gasteiger partial charge in [-0.1, -0.05) is 29.8 Å². The van der Waals surface area contributed by atoms with Gasteiger partial charge in [-0.05, 0) is 70.0 Å². The molecule has 4 rings (SSSR count). The second-order valence-corrected chi connectivity index (χ2v) is 9.04. The van der Waals surface area contributed by atoms with Crippen LogP contribution in [0, 0.1) is 6.92 Å². The van der Waals surface area contributed by atoms with Crippen LogP contribution < -0.4 is 0 Å². The molecule has 2 heterocycles. The second-order valence-electron chi connectivity index (χ2n) is 8.24. The molecular weight excluding hydrogens is 422 g/mol. The van der Waals surface area contributed by atoms with Gasteiger partial charge in [0, 0.05) is 22.2 Å². The van der Waals surface area contributed by atoms with Crippen LogP contribution in [0.5, 0.6) is 0 Å². The summed E-state index contributed by atoms with van der Waals surface area (Å²) in [5.41, 5.74) is 5.34. The SMILES string of the molecule is CCOC(=O)C(C)OC1CCC(c2snc(-c3ccc(C)cc3)c2-c2ccncn2)CC1. The number of carbonyl (C=O) groups is 1. The zero-order chi connectivity index (χ0) is 22.5. The Morgan fingerprint density at radius 2 is 1.91 bits per heavy atom. The number of nitrogens with zero attached hydrogens (tertiary/aromatic N) is 3. The highest BCUT2D eigenvalue weighted by Crippen LogP contribution is 2.45. The zero-order valence-electron chi connectivity index (χ0n) is 18.8. The van der Waals surface area contributed by atoms with Gasteiger partial charge in [0.25, 0.3) is 0 Å². The van der Waals surface area contributed by atoms with E-state index in [0.29, 0.717) is 12.5 Å². The lowest BCUT2D eigenvalue weighted by Crippen LogP contribution is -2.30. The molecule has 2 aromatic heterocycles. The minimum atomic E-state index is -0.523. The Morgan fingerprint density at radius 1 is 1.16 bits per heavy atom. The molecule has 0 saturated heterocycles. The Kier molecular flexibility index (Phi) is 7.27. The molecule has 0 amide bonds. The van der Waals surface area contributed by atoms with Gasteiger partial charge in [0.2, 0.25) is 0 Å². The minimum Gasteiger partial charge on any atom is -0.464 e. The maximum Gasteiger partial charge on any atom is 0.334 e. The van der Waals surface area contributed by atoms with Crippen molar-refractivity contribution in [3.8, 4) is 22.5 Å². The van der Waals surface area contributed by atoms with Crippen molar-refractivity contribution in [2.24, 2.45) is 0 Å². The normalized spacial score (nSPS) is 19.5. The summed E-state index contributed by atoms with van der Waals surface area (Å²) in [5, 5.41) is 0. The Morgan fingerprint density at radius 3 is 2.56 bits per heavy atom. The van der Waals surface area contributed by atoms with Gasteiger partial charge in [0.1, 0.15) is 6.33 Å². The van der Waals surface area contributed by atoms with E-state index in [1.54, 1.807) is 31.0 Å². The predicted octanol–water partition coefficient (Wildman–Crippen LogP) is 5.57. The first kappa shape index (κ1) is 22.6. The third-order valence-electron chi connectivity index (χ3n) is 5.94. The Balaban J connectivity index is 1.54. The Bertz CT molecular complexity index is 1030. The lowest BCUT2D eigenvalue weighted by Gasteiger charge is -2.30. The van der Waals surface area contributed by atoms with Gasteiger partial charge in [-0.2, -0.15) is 4.37 Å². The van der Waals surface area contributed by atoms with Gasteiger partial charge < -0.3 is 9.47 Å². The largest absolute Gasteiger partial charge is 0.464 e. The first-order valence-corrected chi connectivity index (χ1v) is 12.0. The van der Waals surface area contributed by atoms with Crippen molar-refractivity contribution >= 4 is 17.5 Å². The number of hydrogen-bond donors (Lipinski definition) is 0. The number of esters is 1. The molecule has 0 spiro atoms. The summed E-state index contributed by atoms with van der Waals surface area (Å²) < 4.78 is 15.9. The lowest BCUT2D eigenvalue weighted by atomic mass is 9.84. The summed E-state index contributed by atoms with van der Waals surface area (Å²) in [5.74, 6) is 0.111. The van der Waals surface area contributed by atoms with Crippen molar-refractivity contribution in [2.45, 2.75) is 64.6 Å². The fourth-order valence-corrected chi connectivity index (χ4v) is 5.30. The number of carbonyl (C=O) groups excluding carboxylic acids is 1. The Hall–Kier alpha value is -2.64. The number of hydrogen-bond acceptors (Lipinski definition) is 7. The fourth-order valence-electron chi connectivity index (χ4n) is 4.24. The van der Waals surface area contributed by atoms with Gasteiger partial charge in [0.05, 0.1) is 24.1 Å². The van der Waals surface area contributed by atoms with Crippen LogP contribution in [0.2, 0.25) is 0 Å². The van der Waals surface area contributed by atoms with Crippen LogP contribution in [0.3, 0.4) is 0 Å². The van der Waals surface area contributed by atoms with E-state index in [1.807, 2.05) is 13.0 Å². The Labute approximate surface area is 193 Å². The molecule has 32 heavy (non-hydrogen) atoms. The summed E-state index contributed by atoms with van der Waals surface area (Å²) in [6.45, 7) is 6.05. The maximum atomic E-state index is 11.9. The highest BCUT2D eigenvalue weighted by molar-refractivity contribution is 7.06. The molecule has 1 aliphatic rings. The molecule has 1 aliphatic carbocycles.